The Morgan fingerprint density at radius 1 is 0.493 bits per heavy atom. The third-order valence-corrected chi connectivity index (χ3v) is 13.6. The van der Waals surface area contributed by atoms with E-state index in [1.807, 2.05) is 62.4 Å². The maximum Gasteiger partial charge on any atom is 0.149 e. The van der Waals surface area contributed by atoms with Gasteiger partial charge in [-0.05, 0) is 132 Å². The number of imidazole rings is 1. The first-order valence-electron chi connectivity index (χ1n) is 29.5. The van der Waals surface area contributed by atoms with Crippen molar-refractivity contribution in [2.45, 2.75) is 124 Å². The zero-order chi connectivity index (χ0) is 59.2. The molecule has 0 spiro atoms. The van der Waals surface area contributed by atoms with E-state index < -0.39 is 37.3 Å². The van der Waals surface area contributed by atoms with Crippen molar-refractivity contribution in [1.82, 2.24) is 14.5 Å². The van der Waals surface area contributed by atoms with Crippen molar-refractivity contribution in [3.63, 3.8) is 0 Å². The Kier molecular flexibility index (Phi) is 9.72. The Bertz CT molecular complexity index is 3770. The molecule has 0 fully saturated rings. The molecule has 0 saturated heterocycles. The van der Waals surface area contributed by atoms with Crippen molar-refractivity contribution in [1.29, 1.82) is 0 Å². The van der Waals surface area contributed by atoms with Crippen LogP contribution in [0.15, 0.2) is 164 Å². The molecule has 0 bridgehead atoms. The van der Waals surface area contributed by atoms with Crippen molar-refractivity contribution >= 4 is 11.0 Å². The lowest BCUT2D eigenvalue weighted by atomic mass is 9.79. The van der Waals surface area contributed by atoms with E-state index >= 15 is 0 Å². The minimum absolute atomic E-state index is 0.144. The molecular weight excluding hydrogens is 863 g/mol. The molecule has 360 valence electrons. The van der Waals surface area contributed by atoms with Crippen LogP contribution < -0.4 is 0 Å². The first kappa shape index (κ1) is 37.7. The van der Waals surface area contributed by atoms with Gasteiger partial charge in [-0.1, -0.05) is 206 Å². The molecule has 2 heterocycles. The summed E-state index contributed by atoms with van der Waals surface area (Å²) in [6.45, 7) is 13.0. The second-order valence-electron chi connectivity index (χ2n) is 22.3. The summed E-state index contributed by atoms with van der Waals surface area (Å²) < 4.78 is 86.0. The van der Waals surface area contributed by atoms with Gasteiger partial charge >= 0.3 is 0 Å². The van der Waals surface area contributed by atoms with Gasteiger partial charge in [0.1, 0.15) is 11.6 Å². The minimum atomic E-state index is -3.38. The smallest absolute Gasteiger partial charge is 0.149 e. The third-order valence-electron chi connectivity index (χ3n) is 13.6. The summed E-state index contributed by atoms with van der Waals surface area (Å²) in [5, 5.41) is 12.8. The molecule has 0 atom stereocenters. The van der Waals surface area contributed by atoms with Crippen LogP contribution in [-0.4, -0.2) is 19.6 Å². The molecule has 4 heteroatoms. The minimum Gasteiger partial charge on any atom is -0.507 e. The van der Waals surface area contributed by atoms with Gasteiger partial charge in [0.15, 0.2) is 0 Å². The monoisotopic (exact) mass is 944 g/mol. The lowest BCUT2D eigenvalue weighted by Crippen LogP contribution is -2.17. The van der Waals surface area contributed by atoms with E-state index in [4.69, 9.17) is 22.3 Å². The summed E-state index contributed by atoms with van der Waals surface area (Å²) in [7, 11) is 0. The molecule has 71 heavy (non-hydrogen) atoms. The van der Waals surface area contributed by atoms with Crippen molar-refractivity contribution in [2.24, 2.45) is 0 Å². The molecule has 0 aliphatic carbocycles. The fourth-order valence-electron chi connectivity index (χ4n) is 9.50. The Labute approximate surface area is 437 Å². The fourth-order valence-corrected chi connectivity index (χ4v) is 9.50. The van der Waals surface area contributed by atoms with E-state index in [1.54, 1.807) is 24.4 Å². The molecule has 0 aliphatic heterocycles. The zero-order valence-corrected chi connectivity index (χ0v) is 42.9. The number of phenols is 1. The van der Waals surface area contributed by atoms with Gasteiger partial charge in [-0.15, -0.1) is 0 Å². The molecule has 4 nitrogen and oxygen atoms in total. The van der Waals surface area contributed by atoms with E-state index in [0.717, 1.165) is 72.4 Å². The average Bonchev–Trinajstić information content (AvgIpc) is 2.41. The molecule has 7 aromatic carbocycles. The summed E-state index contributed by atoms with van der Waals surface area (Å²) >= 11 is 0. The van der Waals surface area contributed by atoms with Crippen molar-refractivity contribution < 1.29 is 18.8 Å². The molecule has 9 aromatic rings. The summed E-state index contributed by atoms with van der Waals surface area (Å²) in [5.74, 6) is -0.305. The van der Waals surface area contributed by atoms with Crippen molar-refractivity contribution in [3.8, 4) is 78.6 Å². The molecular formula is C67H71N3O. The van der Waals surface area contributed by atoms with Crippen LogP contribution in [0.4, 0.5) is 0 Å². The Morgan fingerprint density at radius 3 is 1.72 bits per heavy atom. The second-order valence-corrected chi connectivity index (χ2v) is 22.3. The Hall–Kier alpha value is -7.04. The third kappa shape index (κ3) is 9.74. The fraction of sp³-hybridized carbons (Fsp3) is 0.284. The molecule has 9 rings (SSSR count). The maximum atomic E-state index is 12.8. The highest BCUT2D eigenvalue weighted by molar-refractivity contribution is 5.98. The normalized spacial score (nSPS) is 15.3. The van der Waals surface area contributed by atoms with E-state index in [2.05, 4.69) is 146 Å². The highest BCUT2D eigenvalue weighted by Crippen LogP contribution is 2.47. The number of aromatic nitrogens is 3. The molecule has 2 aromatic heterocycles. The van der Waals surface area contributed by atoms with Crippen LogP contribution >= 0.6 is 0 Å². The van der Waals surface area contributed by atoms with Crippen LogP contribution in [0.5, 0.6) is 5.75 Å². The predicted octanol–water partition coefficient (Wildman–Crippen LogP) is 18.4. The zero-order valence-electron chi connectivity index (χ0n) is 52.9. The largest absolute Gasteiger partial charge is 0.507 e. The highest BCUT2D eigenvalue weighted by atomic mass is 16.3. The number of hydrogen-bond donors (Lipinski definition) is 1. The molecule has 0 aliphatic rings. The molecule has 0 saturated carbocycles. The molecule has 0 radical (unpaired) electrons. The van der Waals surface area contributed by atoms with Crippen molar-refractivity contribution in [3.05, 3.63) is 192 Å². The SMILES string of the molecule is [2H]C(C)(C)c1cc(-c2ccccc2)c(-n2c(-c3cc(C(C)(C)C)cc(C(C)(C)C)c3O)nc3c(-c4cc(-c5cc(-c6ccc(C(C([2H])([2H])[2H])(C([2H])([2H])[2H])C([2H])([2H])[2H])cc6)ccn5)cc(C(C)(C)C)c4)cccc32)cc1-c1ccccc1. The Morgan fingerprint density at radius 2 is 1.11 bits per heavy atom. The van der Waals surface area contributed by atoms with Crippen LogP contribution in [0.2, 0.25) is 0 Å². The first-order chi connectivity index (χ1) is 37.5. The number of aromatic hydroxyl groups is 1. The number of benzene rings is 7. The van der Waals surface area contributed by atoms with Gasteiger partial charge in [-0.25, -0.2) is 4.98 Å². The van der Waals surface area contributed by atoms with Gasteiger partial charge in [-0.2, -0.15) is 0 Å². The van der Waals surface area contributed by atoms with E-state index in [1.165, 1.54) is 12.1 Å². The van der Waals surface area contributed by atoms with Crippen LogP contribution in [0, 0.1) is 0 Å². The Balaban J connectivity index is 1.33. The number of rotatable bonds is 8. The standard InChI is InChI=1S/C67H71N3O/c1-42(2)53-40-55(45-24-19-16-20-25-45)60(41-54(53)44-22-17-15-18-23-44)70-59-27-21-26-52(61(59)69-63(70)56-38-51(66(9,10)11)39-57(62(56)71)67(12,13)14)47-34-48(36-50(35-47)65(6,7)8)58-37-46(32-33-68-58)43-28-30-49(31-29-43)64(3,4)5/h15-42,71H,1-14H3/i3D3,4D3,5D3,42D. The molecule has 0 unspecified atom stereocenters. The van der Waals surface area contributed by atoms with Gasteiger partial charge in [0.2, 0.25) is 0 Å². The highest BCUT2D eigenvalue weighted by Gasteiger charge is 2.30. The van der Waals surface area contributed by atoms with E-state index in [-0.39, 0.29) is 22.1 Å². The summed E-state index contributed by atoms with van der Waals surface area (Å²) in [5.41, 5.74) is 10.2. The number of para-hydroxylation sites is 1. The van der Waals surface area contributed by atoms with E-state index in [9.17, 15) is 6.48 Å². The summed E-state index contributed by atoms with van der Waals surface area (Å²) in [4.78, 5) is 10.6. The second kappa shape index (κ2) is 18.3. The maximum absolute atomic E-state index is 12.8. The predicted molar refractivity (Wildman–Crippen MR) is 302 cm³/mol. The van der Waals surface area contributed by atoms with Crippen LogP contribution in [0.25, 0.3) is 83.9 Å². The van der Waals surface area contributed by atoms with Gasteiger partial charge in [-0.3, -0.25) is 9.55 Å². The van der Waals surface area contributed by atoms with Gasteiger partial charge in [0, 0.05) is 42.2 Å². The lowest BCUT2D eigenvalue weighted by Gasteiger charge is -2.28. The number of phenolic OH excluding ortho intramolecular Hbond substituents is 1. The van der Waals surface area contributed by atoms with Crippen LogP contribution in [0.1, 0.15) is 144 Å². The number of pyridine rings is 1. The number of nitrogens with zero attached hydrogens (tertiary/aromatic N) is 3. The number of fused-ring (bicyclic) bond motifs is 1. The van der Waals surface area contributed by atoms with Crippen LogP contribution in [-0.2, 0) is 21.7 Å². The molecule has 0 amide bonds. The average molecular weight is 944 g/mol. The number of hydrogen-bond acceptors (Lipinski definition) is 3. The quantitative estimate of drug-likeness (QED) is 0.165. The topological polar surface area (TPSA) is 50.9 Å². The van der Waals surface area contributed by atoms with Gasteiger partial charge in [0.25, 0.3) is 0 Å². The van der Waals surface area contributed by atoms with Crippen LogP contribution in [0.3, 0.4) is 0 Å². The van der Waals surface area contributed by atoms with Gasteiger partial charge in [0.05, 0.1) is 28.0 Å². The first-order valence-corrected chi connectivity index (χ1v) is 24.5. The van der Waals surface area contributed by atoms with Gasteiger partial charge < -0.3 is 5.11 Å². The van der Waals surface area contributed by atoms with Crippen molar-refractivity contribution in [2.75, 3.05) is 0 Å². The van der Waals surface area contributed by atoms with E-state index in [0.29, 0.717) is 33.7 Å². The summed E-state index contributed by atoms with van der Waals surface area (Å²) in [6, 6.07) is 51.0. The summed E-state index contributed by atoms with van der Waals surface area (Å²) in [6.07, 6.45) is 1.68. The molecule has 1 N–H and O–H groups in total. The lowest BCUT2D eigenvalue weighted by molar-refractivity contribution is 0.446.